The van der Waals surface area contributed by atoms with Gasteiger partial charge in [-0.25, -0.2) is 4.39 Å². The first kappa shape index (κ1) is 19.6. The Bertz CT molecular complexity index is 1170. The minimum Gasteiger partial charge on any atom is -0.502 e. The first-order valence-corrected chi connectivity index (χ1v) is 10.2. The summed E-state index contributed by atoms with van der Waals surface area (Å²) in [6, 6.07) is 3.08. The van der Waals surface area contributed by atoms with Crippen molar-refractivity contribution in [2.24, 2.45) is 0 Å². The number of carbonyl (C=O) groups is 1. The number of hydrogen-bond acceptors (Lipinski definition) is 5. The molecule has 31 heavy (non-hydrogen) atoms. The number of rotatable bonds is 0. The van der Waals surface area contributed by atoms with Gasteiger partial charge in [0.15, 0.2) is 23.0 Å². The van der Waals surface area contributed by atoms with E-state index >= 15 is 0 Å². The van der Waals surface area contributed by atoms with E-state index in [0.29, 0.717) is 18.4 Å². The van der Waals surface area contributed by atoms with Crippen molar-refractivity contribution in [3.63, 3.8) is 0 Å². The Morgan fingerprint density at radius 1 is 1.19 bits per heavy atom. The number of nitrogens with zero attached hydrogens (tertiary/aromatic N) is 3. The third kappa shape index (κ3) is 2.75. The van der Waals surface area contributed by atoms with Crippen LogP contribution in [-0.4, -0.2) is 39.4 Å². The topological polar surface area (TPSA) is 75.0 Å². The third-order valence-corrected chi connectivity index (χ3v) is 6.55. The average Bonchev–Trinajstić information content (AvgIpc) is 2.74. The molecule has 1 spiro atoms. The SMILES string of the molecule is CC1c2ccc(F)c(F)c2OC/C=C/C2(CCC2)N2CN1n1ccc(=O)c(O)c1C2=O. The van der Waals surface area contributed by atoms with E-state index in [1.165, 1.54) is 23.0 Å². The van der Waals surface area contributed by atoms with Gasteiger partial charge in [0, 0.05) is 17.8 Å². The summed E-state index contributed by atoms with van der Waals surface area (Å²) in [5.41, 5.74) is -1.01. The molecule has 3 aliphatic rings. The maximum atomic E-state index is 14.6. The standard InChI is InChI=1S/C22H21F2N3O4/c1-13-14-4-5-15(23)17(24)20(14)31-11-3-9-22(7-2-8-22)25-12-27(13)26-10-6-16(28)19(29)18(26)21(25)30/h3-6,9-10,13,29H,2,7-8,11-12H2,1H3/b9-3+. The van der Waals surface area contributed by atoms with Crippen LogP contribution >= 0.6 is 0 Å². The van der Waals surface area contributed by atoms with Gasteiger partial charge in [0.2, 0.25) is 11.2 Å². The number of carbonyl (C=O) groups excluding carboxylic acids is 1. The fourth-order valence-corrected chi connectivity index (χ4v) is 4.64. The van der Waals surface area contributed by atoms with Crippen LogP contribution in [0.3, 0.4) is 0 Å². The molecular formula is C22H21F2N3O4. The average molecular weight is 429 g/mol. The normalized spacial score (nSPS) is 22.7. The molecule has 162 valence electrons. The minimum atomic E-state index is -1.08. The predicted octanol–water partition coefficient (Wildman–Crippen LogP) is 2.82. The van der Waals surface area contributed by atoms with Crippen molar-refractivity contribution in [1.29, 1.82) is 0 Å². The molecule has 5 rings (SSSR count). The summed E-state index contributed by atoms with van der Waals surface area (Å²) in [6.07, 6.45) is 7.31. The van der Waals surface area contributed by atoms with Crippen LogP contribution in [-0.2, 0) is 0 Å². The van der Waals surface area contributed by atoms with Gasteiger partial charge in [-0.05, 0) is 38.3 Å². The highest BCUT2D eigenvalue weighted by Crippen LogP contribution is 2.43. The summed E-state index contributed by atoms with van der Waals surface area (Å²) in [5.74, 6) is -3.38. The first-order valence-electron chi connectivity index (χ1n) is 10.2. The number of benzene rings is 1. The zero-order valence-corrected chi connectivity index (χ0v) is 16.8. The van der Waals surface area contributed by atoms with Gasteiger partial charge in [-0.1, -0.05) is 12.1 Å². The smallest absolute Gasteiger partial charge is 0.278 e. The van der Waals surface area contributed by atoms with Crippen LogP contribution in [0.25, 0.3) is 0 Å². The van der Waals surface area contributed by atoms with Gasteiger partial charge in [-0.15, -0.1) is 0 Å². The Balaban J connectivity index is 1.76. The van der Waals surface area contributed by atoms with Gasteiger partial charge in [0.25, 0.3) is 5.91 Å². The van der Waals surface area contributed by atoms with Gasteiger partial charge < -0.3 is 14.7 Å². The van der Waals surface area contributed by atoms with Crippen LogP contribution in [0.15, 0.2) is 41.3 Å². The van der Waals surface area contributed by atoms with E-state index in [4.69, 9.17) is 4.74 Å². The molecule has 2 aliphatic heterocycles. The molecule has 7 nitrogen and oxygen atoms in total. The van der Waals surface area contributed by atoms with Gasteiger partial charge in [-0.2, -0.15) is 4.39 Å². The number of hydrogen-bond donors (Lipinski definition) is 1. The molecule has 0 saturated heterocycles. The van der Waals surface area contributed by atoms with Crippen molar-refractivity contribution in [3.8, 4) is 11.5 Å². The predicted molar refractivity (Wildman–Crippen MR) is 108 cm³/mol. The zero-order valence-electron chi connectivity index (χ0n) is 16.8. The van der Waals surface area contributed by atoms with Crippen LogP contribution in [0.2, 0.25) is 0 Å². The molecule has 1 N–H and O–H groups in total. The van der Waals surface area contributed by atoms with Crippen LogP contribution in [0, 0.1) is 11.6 Å². The van der Waals surface area contributed by atoms with Crippen LogP contribution < -0.4 is 15.2 Å². The molecule has 3 heterocycles. The van der Waals surface area contributed by atoms with E-state index in [9.17, 15) is 23.5 Å². The number of aromatic hydroxyl groups is 1. The molecular weight excluding hydrogens is 408 g/mol. The lowest BCUT2D eigenvalue weighted by Gasteiger charge is -2.53. The molecule has 1 aromatic carbocycles. The highest BCUT2D eigenvalue weighted by Gasteiger charge is 2.48. The lowest BCUT2D eigenvalue weighted by molar-refractivity contribution is 0.0252. The number of halogens is 2. The van der Waals surface area contributed by atoms with Crippen molar-refractivity contribution >= 4 is 5.91 Å². The Kier molecular flexibility index (Phi) is 4.32. The molecule has 1 atom stereocenters. The number of pyridine rings is 1. The summed E-state index contributed by atoms with van der Waals surface area (Å²) < 4.78 is 35.6. The second-order valence-electron chi connectivity index (χ2n) is 8.16. The number of aromatic nitrogens is 1. The van der Waals surface area contributed by atoms with E-state index in [2.05, 4.69) is 0 Å². The molecule has 2 bridgehead atoms. The molecule has 0 radical (unpaired) electrons. The van der Waals surface area contributed by atoms with Crippen LogP contribution in [0.4, 0.5) is 8.78 Å². The summed E-state index contributed by atoms with van der Waals surface area (Å²) in [6.45, 7) is 1.92. The van der Waals surface area contributed by atoms with E-state index in [-0.39, 0.29) is 24.7 Å². The molecule has 2 aromatic rings. The van der Waals surface area contributed by atoms with Crippen molar-refractivity contribution in [2.45, 2.75) is 37.8 Å². The molecule has 1 aliphatic carbocycles. The van der Waals surface area contributed by atoms with Gasteiger partial charge in [0.05, 0.1) is 11.6 Å². The minimum absolute atomic E-state index is 0.0138. The van der Waals surface area contributed by atoms with Crippen LogP contribution in [0.1, 0.15) is 48.3 Å². The third-order valence-electron chi connectivity index (χ3n) is 6.55. The fraction of sp³-hybridized carbons (Fsp3) is 0.364. The van der Waals surface area contributed by atoms with E-state index in [0.717, 1.165) is 12.5 Å². The highest BCUT2D eigenvalue weighted by molar-refractivity contribution is 5.97. The maximum Gasteiger partial charge on any atom is 0.278 e. The van der Waals surface area contributed by atoms with Gasteiger partial charge in [0.1, 0.15) is 13.3 Å². The van der Waals surface area contributed by atoms with E-state index in [1.54, 1.807) is 22.9 Å². The van der Waals surface area contributed by atoms with Crippen molar-refractivity contribution < 1.29 is 23.4 Å². The van der Waals surface area contributed by atoms with E-state index in [1.807, 2.05) is 6.08 Å². The lowest BCUT2D eigenvalue weighted by atomic mass is 9.74. The van der Waals surface area contributed by atoms with Gasteiger partial charge >= 0.3 is 0 Å². The molecule has 1 unspecified atom stereocenters. The Labute approximate surface area is 176 Å². The zero-order chi connectivity index (χ0) is 21.9. The highest BCUT2D eigenvalue weighted by atomic mass is 19.2. The van der Waals surface area contributed by atoms with Crippen molar-refractivity contribution in [3.05, 3.63) is 69.7 Å². The number of fused-ring (bicyclic) bond motifs is 6. The molecule has 9 heteroatoms. The summed E-state index contributed by atoms with van der Waals surface area (Å²) in [4.78, 5) is 27.2. The first-order chi connectivity index (χ1) is 14.8. The Morgan fingerprint density at radius 2 is 1.97 bits per heavy atom. The monoisotopic (exact) mass is 429 g/mol. The summed E-state index contributed by atoms with van der Waals surface area (Å²) in [7, 11) is 0. The summed E-state index contributed by atoms with van der Waals surface area (Å²) in [5, 5.41) is 12.2. The lowest BCUT2D eigenvalue weighted by Crippen LogP contribution is -2.64. The van der Waals surface area contributed by atoms with Crippen molar-refractivity contribution in [2.75, 3.05) is 18.3 Å². The van der Waals surface area contributed by atoms with Gasteiger partial charge in [-0.3, -0.25) is 19.3 Å². The molecule has 1 amide bonds. The fourth-order valence-electron chi connectivity index (χ4n) is 4.64. The summed E-state index contributed by atoms with van der Waals surface area (Å²) >= 11 is 0. The number of amides is 1. The Morgan fingerprint density at radius 3 is 2.68 bits per heavy atom. The van der Waals surface area contributed by atoms with E-state index < -0.39 is 40.3 Å². The number of ether oxygens (including phenoxy) is 1. The van der Waals surface area contributed by atoms with Crippen LogP contribution in [0.5, 0.6) is 11.5 Å². The molecule has 1 aromatic heterocycles. The van der Waals surface area contributed by atoms with Crippen molar-refractivity contribution in [1.82, 2.24) is 9.58 Å². The maximum absolute atomic E-state index is 14.6. The second-order valence-corrected chi connectivity index (χ2v) is 8.16. The molecule has 1 fully saturated rings. The Hall–Kier alpha value is -3.36. The second kappa shape index (κ2) is 6.83. The quantitative estimate of drug-likeness (QED) is 0.652. The molecule has 1 saturated carbocycles. The largest absolute Gasteiger partial charge is 0.502 e.